The molecule has 3 unspecified atom stereocenters. The van der Waals surface area contributed by atoms with Crippen molar-refractivity contribution in [2.45, 2.75) is 55.9 Å². The third kappa shape index (κ3) is 4.55. The summed E-state index contributed by atoms with van der Waals surface area (Å²) < 4.78 is 27.7. The zero-order chi connectivity index (χ0) is 21.8. The summed E-state index contributed by atoms with van der Waals surface area (Å²) in [5, 5.41) is 0. The maximum Gasteiger partial charge on any atom is 0.243 e. The molecular weight excluding hydrogens is 408 g/mol. The van der Waals surface area contributed by atoms with Crippen molar-refractivity contribution in [3.8, 4) is 0 Å². The molecule has 2 aliphatic rings. The predicted molar refractivity (Wildman–Crippen MR) is 122 cm³/mol. The summed E-state index contributed by atoms with van der Waals surface area (Å²) in [7, 11) is -3.57. The summed E-state index contributed by atoms with van der Waals surface area (Å²) in [5.41, 5.74) is 1.28. The van der Waals surface area contributed by atoms with E-state index in [-0.39, 0.29) is 24.4 Å². The normalized spacial score (nSPS) is 23.6. The van der Waals surface area contributed by atoms with Crippen molar-refractivity contribution >= 4 is 15.9 Å². The average Bonchev–Trinajstić information content (AvgIpc) is 3.30. The number of carbonyl (C=O) groups excluding carboxylic acids is 1. The van der Waals surface area contributed by atoms with Gasteiger partial charge in [0.15, 0.2) is 0 Å². The molecule has 31 heavy (non-hydrogen) atoms. The lowest BCUT2D eigenvalue weighted by atomic mass is 9.87. The van der Waals surface area contributed by atoms with Crippen LogP contribution in [0.2, 0.25) is 0 Å². The van der Waals surface area contributed by atoms with Gasteiger partial charge < -0.3 is 4.90 Å². The van der Waals surface area contributed by atoms with E-state index < -0.39 is 10.0 Å². The molecule has 3 atom stereocenters. The number of benzene rings is 2. The summed E-state index contributed by atoms with van der Waals surface area (Å²) >= 11 is 0. The number of amides is 1. The van der Waals surface area contributed by atoms with Crippen LogP contribution in [0.3, 0.4) is 0 Å². The highest BCUT2D eigenvalue weighted by molar-refractivity contribution is 7.89. The maximum atomic E-state index is 13.6. The molecule has 2 heterocycles. The third-order valence-corrected chi connectivity index (χ3v) is 8.71. The van der Waals surface area contributed by atoms with Crippen LogP contribution in [0, 0.1) is 5.92 Å². The Labute approximate surface area is 186 Å². The first-order valence-corrected chi connectivity index (χ1v) is 12.9. The van der Waals surface area contributed by atoms with Gasteiger partial charge in [0.2, 0.25) is 15.9 Å². The number of rotatable bonds is 6. The van der Waals surface area contributed by atoms with Crippen molar-refractivity contribution in [1.82, 2.24) is 9.21 Å². The molecule has 0 N–H and O–H groups in total. The Hall–Kier alpha value is -2.18. The predicted octanol–water partition coefficient (Wildman–Crippen LogP) is 4.27. The molecule has 0 aliphatic carbocycles. The van der Waals surface area contributed by atoms with Gasteiger partial charge in [-0.2, -0.15) is 4.31 Å². The second-order valence-electron chi connectivity index (χ2n) is 8.68. The van der Waals surface area contributed by atoms with Crippen LogP contribution >= 0.6 is 0 Å². The van der Waals surface area contributed by atoms with Crippen LogP contribution in [0.5, 0.6) is 0 Å². The van der Waals surface area contributed by atoms with Crippen molar-refractivity contribution in [2.24, 2.45) is 5.92 Å². The smallest absolute Gasteiger partial charge is 0.243 e. The molecule has 5 nitrogen and oxygen atoms in total. The number of piperidine rings is 1. The molecule has 0 bridgehead atoms. The Morgan fingerprint density at radius 1 is 0.968 bits per heavy atom. The number of nitrogens with zero attached hydrogens (tertiary/aromatic N) is 2. The molecule has 0 saturated carbocycles. The summed E-state index contributed by atoms with van der Waals surface area (Å²) in [4.78, 5) is 15.9. The first-order chi connectivity index (χ1) is 15.0. The minimum atomic E-state index is -3.57. The van der Waals surface area contributed by atoms with E-state index in [1.807, 2.05) is 12.1 Å². The van der Waals surface area contributed by atoms with Gasteiger partial charge in [0.25, 0.3) is 0 Å². The first-order valence-electron chi connectivity index (χ1n) is 11.4. The van der Waals surface area contributed by atoms with Crippen LogP contribution in [0.15, 0.2) is 65.6 Å². The lowest BCUT2D eigenvalue weighted by Crippen LogP contribution is -2.48. The Balaban J connectivity index is 1.51. The highest BCUT2D eigenvalue weighted by atomic mass is 32.2. The minimum Gasteiger partial charge on any atom is -0.339 e. The van der Waals surface area contributed by atoms with Gasteiger partial charge in [0, 0.05) is 31.6 Å². The zero-order valence-electron chi connectivity index (χ0n) is 18.2. The van der Waals surface area contributed by atoms with Crippen LogP contribution < -0.4 is 0 Å². The standard InChI is InChI=1S/C25H32N2O3S/c1-2-23(20-11-5-3-6-12-20)24-16-10-18-27(24)25(28)21-13-9-17-26(19-21)31(29,30)22-14-7-4-8-15-22/h3-8,11-12,14-15,21,23-24H,2,9-10,13,16-19H2,1H3. The second kappa shape index (κ2) is 9.53. The van der Waals surface area contributed by atoms with E-state index >= 15 is 0 Å². The van der Waals surface area contributed by atoms with Gasteiger partial charge in [0.05, 0.1) is 10.8 Å². The Bertz CT molecular complexity index is 978. The molecule has 0 radical (unpaired) electrons. The summed E-state index contributed by atoms with van der Waals surface area (Å²) in [6.07, 6.45) is 4.48. The molecule has 0 spiro atoms. The van der Waals surface area contributed by atoms with E-state index in [2.05, 4.69) is 36.1 Å². The monoisotopic (exact) mass is 440 g/mol. The fourth-order valence-electron chi connectivity index (χ4n) is 5.25. The fourth-order valence-corrected chi connectivity index (χ4v) is 6.80. The van der Waals surface area contributed by atoms with E-state index in [1.165, 1.54) is 9.87 Å². The Kier molecular flexibility index (Phi) is 6.77. The zero-order valence-corrected chi connectivity index (χ0v) is 19.0. The van der Waals surface area contributed by atoms with Gasteiger partial charge in [-0.25, -0.2) is 8.42 Å². The second-order valence-corrected chi connectivity index (χ2v) is 10.6. The van der Waals surface area contributed by atoms with Gasteiger partial charge in [-0.3, -0.25) is 4.79 Å². The molecule has 2 aromatic carbocycles. The van der Waals surface area contributed by atoms with E-state index in [1.54, 1.807) is 24.3 Å². The molecule has 2 saturated heterocycles. The molecule has 4 rings (SSSR count). The van der Waals surface area contributed by atoms with Crippen molar-refractivity contribution in [2.75, 3.05) is 19.6 Å². The van der Waals surface area contributed by atoms with Gasteiger partial charge in [0.1, 0.15) is 0 Å². The minimum absolute atomic E-state index is 0.129. The fraction of sp³-hybridized carbons (Fsp3) is 0.480. The van der Waals surface area contributed by atoms with Crippen LogP contribution in [0.1, 0.15) is 50.5 Å². The number of sulfonamides is 1. The van der Waals surface area contributed by atoms with Gasteiger partial charge in [-0.05, 0) is 49.8 Å². The van der Waals surface area contributed by atoms with Crippen LogP contribution in [0.25, 0.3) is 0 Å². The largest absolute Gasteiger partial charge is 0.339 e. The van der Waals surface area contributed by atoms with Crippen LogP contribution in [-0.4, -0.2) is 49.2 Å². The summed E-state index contributed by atoms with van der Waals surface area (Å²) in [6.45, 7) is 3.72. The molecule has 2 aromatic rings. The molecule has 166 valence electrons. The number of hydrogen-bond donors (Lipinski definition) is 0. The van der Waals surface area contributed by atoms with Gasteiger partial charge >= 0.3 is 0 Å². The highest BCUT2D eigenvalue weighted by Crippen LogP contribution is 2.35. The molecule has 0 aromatic heterocycles. The third-order valence-electron chi connectivity index (χ3n) is 6.83. The molecule has 2 fully saturated rings. The molecule has 1 amide bonds. The van der Waals surface area contributed by atoms with Crippen molar-refractivity contribution in [3.05, 3.63) is 66.2 Å². The summed E-state index contributed by atoms with van der Waals surface area (Å²) in [5.74, 6) is 0.186. The van der Waals surface area contributed by atoms with Crippen LogP contribution in [0.4, 0.5) is 0 Å². The van der Waals surface area contributed by atoms with Gasteiger partial charge in [-0.15, -0.1) is 0 Å². The van der Waals surface area contributed by atoms with Crippen LogP contribution in [-0.2, 0) is 14.8 Å². The lowest BCUT2D eigenvalue weighted by molar-refractivity contribution is -0.138. The molecule has 2 aliphatic heterocycles. The van der Waals surface area contributed by atoms with E-state index in [4.69, 9.17) is 0 Å². The highest BCUT2D eigenvalue weighted by Gasteiger charge is 2.40. The molecule has 6 heteroatoms. The summed E-state index contributed by atoms with van der Waals surface area (Å²) in [6, 6.07) is 19.2. The SMILES string of the molecule is CCC(c1ccccc1)C1CCCN1C(=O)C1CCCN(S(=O)(=O)c2ccccc2)C1. The van der Waals surface area contributed by atoms with Crippen molar-refractivity contribution in [3.63, 3.8) is 0 Å². The Morgan fingerprint density at radius 3 is 2.29 bits per heavy atom. The first kappa shape index (κ1) is 22.0. The topological polar surface area (TPSA) is 57.7 Å². The maximum absolute atomic E-state index is 13.6. The van der Waals surface area contributed by atoms with E-state index in [9.17, 15) is 13.2 Å². The van der Waals surface area contributed by atoms with E-state index in [0.717, 1.165) is 38.6 Å². The number of carbonyl (C=O) groups is 1. The average molecular weight is 441 g/mol. The van der Waals surface area contributed by atoms with Gasteiger partial charge in [-0.1, -0.05) is 55.5 Å². The van der Waals surface area contributed by atoms with Crippen molar-refractivity contribution < 1.29 is 13.2 Å². The number of hydrogen-bond acceptors (Lipinski definition) is 3. The van der Waals surface area contributed by atoms with Crippen molar-refractivity contribution in [1.29, 1.82) is 0 Å². The van der Waals surface area contributed by atoms with E-state index in [0.29, 0.717) is 17.4 Å². The number of likely N-dealkylation sites (tertiary alicyclic amines) is 1. The quantitative estimate of drug-likeness (QED) is 0.674. The lowest BCUT2D eigenvalue weighted by Gasteiger charge is -2.37. The Morgan fingerprint density at radius 2 is 1.61 bits per heavy atom. The molecular formula is C25H32N2O3S.